The van der Waals surface area contributed by atoms with Gasteiger partial charge in [-0.05, 0) is 83.5 Å². The van der Waals surface area contributed by atoms with E-state index in [0.717, 1.165) is 89.9 Å². The highest BCUT2D eigenvalue weighted by Crippen LogP contribution is 2.17. The van der Waals surface area contributed by atoms with Crippen molar-refractivity contribution in [2.45, 2.75) is 303 Å². The second-order valence-corrected chi connectivity index (χ2v) is 20.2. The zero-order chi connectivity index (χ0) is 52.2. The Bertz CT molecular complexity index is 1380. The first kappa shape index (κ1) is 68.6. The fraction of sp³-hybridized carbons (Fsp3) is 0.742. The first-order valence-corrected chi connectivity index (χ1v) is 30.6. The molecule has 0 spiro atoms. The van der Waals surface area contributed by atoms with E-state index in [1.54, 1.807) is 0 Å². The molecule has 0 N–H and O–H groups in total. The van der Waals surface area contributed by atoms with Gasteiger partial charge in [0.15, 0.2) is 6.10 Å². The lowest BCUT2D eigenvalue weighted by atomic mass is 10.0. The monoisotopic (exact) mass is 1000 g/mol. The van der Waals surface area contributed by atoms with Crippen LogP contribution in [0, 0.1) is 0 Å². The summed E-state index contributed by atoms with van der Waals surface area (Å²) < 4.78 is 16.8. The molecule has 1 atom stereocenters. The maximum absolute atomic E-state index is 12.8. The van der Waals surface area contributed by atoms with Crippen molar-refractivity contribution < 1.29 is 28.6 Å². The van der Waals surface area contributed by atoms with Gasteiger partial charge in [-0.1, -0.05) is 279 Å². The number of unbranched alkanes of at least 4 members (excludes halogenated alkanes) is 30. The summed E-state index contributed by atoms with van der Waals surface area (Å²) in [6.45, 7) is 6.47. The third-order valence-electron chi connectivity index (χ3n) is 13.1. The average molecular weight is 1000 g/mol. The largest absolute Gasteiger partial charge is 0.462 e. The Balaban J connectivity index is 4.41. The molecule has 0 aliphatic rings. The van der Waals surface area contributed by atoms with Crippen LogP contribution in [-0.2, 0) is 28.6 Å². The minimum Gasteiger partial charge on any atom is -0.462 e. The van der Waals surface area contributed by atoms with Gasteiger partial charge in [0.1, 0.15) is 13.2 Å². The molecule has 0 aliphatic carbocycles. The van der Waals surface area contributed by atoms with E-state index in [9.17, 15) is 14.4 Å². The number of rotatable bonds is 55. The number of hydrogen-bond acceptors (Lipinski definition) is 6. The molecule has 414 valence electrons. The van der Waals surface area contributed by atoms with Gasteiger partial charge in [-0.15, -0.1) is 0 Å². The van der Waals surface area contributed by atoms with Crippen molar-refractivity contribution in [3.63, 3.8) is 0 Å². The predicted molar refractivity (Wildman–Crippen MR) is 311 cm³/mol. The lowest BCUT2D eigenvalue weighted by Crippen LogP contribution is -2.30. The Kier molecular flexibility index (Phi) is 57.3. The van der Waals surface area contributed by atoms with Gasteiger partial charge in [-0.2, -0.15) is 0 Å². The quantitative estimate of drug-likeness (QED) is 0.0261. The van der Waals surface area contributed by atoms with Gasteiger partial charge in [0.25, 0.3) is 0 Å². The van der Waals surface area contributed by atoms with E-state index in [0.29, 0.717) is 19.3 Å². The minimum absolute atomic E-state index is 0.107. The molecule has 0 bridgehead atoms. The van der Waals surface area contributed by atoms with Crippen LogP contribution in [0.4, 0.5) is 0 Å². The molecular weight excluding hydrogens is 889 g/mol. The van der Waals surface area contributed by atoms with Gasteiger partial charge in [-0.3, -0.25) is 14.4 Å². The van der Waals surface area contributed by atoms with E-state index in [1.165, 1.54) is 161 Å². The van der Waals surface area contributed by atoms with Crippen molar-refractivity contribution in [1.82, 2.24) is 0 Å². The Morgan fingerprint density at radius 1 is 0.292 bits per heavy atom. The molecule has 1 unspecified atom stereocenters. The Morgan fingerprint density at radius 3 is 0.917 bits per heavy atom. The van der Waals surface area contributed by atoms with Crippen molar-refractivity contribution in [2.24, 2.45) is 0 Å². The molecule has 0 aromatic heterocycles. The van der Waals surface area contributed by atoms with Crippen LogP contribution < -0.4 is 0 Å². The Hall–Kier alpha value is -3.41. The fourth-order valence-corrected chi connectivity index (χ4v) is 8.58. The highest BCUT2D eigenvalue weighted by Gasteiger charge is 2.19. The third-order valence-corrected chi connectivity index (χ3v) is 13.1. The van der Waals surface area contributed by atoms with Gasteiger partial charge in [0.05, 0.1) is 0 Å². The van der Waals surface area contributed by atoms with Crippen LogP contribution in [0.1, 0.15) is 297 Å². The van der Waals surface area contributed by atoms with E-state index in [-0.39, 0.29) is 31.6 Å². The second-order valence-electron chi connectivity index (χ2n) is 20.2. The van der Waals surface area contributed by atoms with Crippen molar-refractivity contribution in [1.29, 1.82) is 0 Å². The van der Waals surface area contributed by atoms with Crippen molar-refractivity contribution in [3.05, 3.63) is 85.1 Å². The van der Waals surface area contributed by atoms with Crippen LogP contribution in [0.3, 0.4) is 0 Å². The van der Waals surface area contributed by atoms with Crippen molar-refractivity contribution in [2.75, 3.05) is 13.2 Å². The van der Waals surface area contributed by atoms with E-state index >= 15 is 0 Å². The molecule has 0 radical (unpaired) electrons. The van der Waals surface area contributed by atoms with Gasteiger partial charge in [0, 0.05) is 19.3 Å². The molecular formula is C66H114O6. The predicted octanol–water partition coefficient (Wildman–Crippen LogP) is 20.7. The number of hydrogen-bond donors (Lipinski definition) is 0. The van der Waals surface area contributed by atoms with Crippen LogP contribution in [0.5, 0.6) is 0 Å². The highest BCUT2D eigenvalue weighted by molar-refractivity contribution is 5.71. The topological polar surface area (TPSA) is 78.9 Å². The molecule has 6 nitrogen and oxygen atoms in total. The Labute approximate surface area is 445 Å². The SMILES string of the molecule is CC/C=C\C/C=C\C/C=C\C/C=C\C/C=C\C/C=C\CCC(=O)OC(COC(=O)CCCCCCC/C=C\CCCCCC)COC(=O)CCCCCCCCCCCCCCCCCCCCCCCC. The summed E-state index contributed by atoms with van der Waals surface area (Å²) in [5, 5.41) is 0. The molecule has 0 aromatic carbocycles. The molecule has 0 saturated heterocycles. The summed E-state index contributed by atoms with van der Waals surface area (Å²) in [4.78, 5) is 38.2. The maximum atomic E-state index is 12.8. The number of allylic oxidation sites excluding steroid dienone is 14. The number of carbonyl (C=O) groups is 3. The molecule has 0 fully saturated rings. The molecule has 0 heterocycles. The third kappa shape index (κ3) is 57.5. The smallest absolute Gasteiger partial charge is 0.306 e. The molecule has 0 aromatic rings. The first-order chi connectivity index (χ1) is 35.5. The summed E-state index contributed by atoms with van der Waals surface area (Å²) in [5.41, 5.74) is 0. The van der Waals surface area contributed by atoms with Gasteiger partial charge >= 0.3 is 17.9 Å². The number of carbonyl (C=O) groups excluding carboxylic acids is 3. The molecule has 72 heavy (non-hydrogen) atoms. The van der Waals surface area contributed by atoms with Crippen LogP contribution >= 0.6 is 0 Å². The van der Waals surface area contributed by atoms with Crippen LogP contribution in [0.25, 0.3) is 0 Å². The zero-order valence-corrected chi connectivity index (χ0v) is 47.4. The summed E-state index contributed by atoms with van der Waals surface area (Å²) in [7, 11) is 0. The van der Waals surface area contributed by atoms with E-state index in [4.69, 9.17) is 14.2 Å². The first-order valence-electron chi connectivity index (χ1n) is 30.6. The zero-order valence-electron chi connectivity index (χ0n) is 47.4. The number of esters is 3. The molecule has 6 heteroatoms. The van der Waals surface area contributed by atoms with Crippen LogP contribution in [0.15, 0.2) is 85.1 Å². The van der Waals surface area contributed by atoms with E-state index in [2.05, 4.69) is 99.8 Å². The summed E-state index contributed by atoms with van der Waals surface area (Å²) in [6.07, 6.45) is 78.9. The van der Waals surface area contributed by atoms with Crippen LogP contribution in [-0.4, -0.2) is 37.2 Å². The van der Waals surface area contributed by atoms with Gasteiger partial charge in [0.2, 0.25) is 0 Å². The summed E-state index contributed by atoms with van der Waals surface area (Å²) in [5.74, 6) is -0.991. The standard InChI is InChI=1S/C66H114O6/c1-4-7-10-13-16-19-22-25-27-29-31-32-33-35-36-38-41-44-47-50-53-56-59-65(68)71-62-63(61-70-64(67)58-55-52-49-46-43-40-24-21-18-15-12-9-6-3)72-66(69)60-57-54-51-48-45-42-39-37-34-30-28-26-23-20-17-14-11-8-5-2/h8,11,17,20-21,24,26,28,34,37,42,45,51,54,63H,4-7,9-10,12-16,18-19,22-23,25,27,29-33,35-36,38-41,43-44,46-50,52-53,55-62H2,1-3H3/b11-8-,20-17-,24-21-,28-26-,37-34-,45-42-,54-51-. The van der Waals surface area contributed by atoms with E-state index < -0.39 is 12.1 Å². The molecule has 0 rings (SSSR count). The van der Waals surface area contributed by atoms with Gasteiger partial charge in [-0.25, -0.2) is 0 Å². The van der Waals surface area contributed by atoms with Crippen molar-refractivity contribution in [3.8, 4) is 0 Å². The van der Waals surface area contributed by atoms with Gasteiger partial charge < -0.3 is 14.2 Å². The highest BCUT2D eigenvalue weighted by atomic mass is 16.6. The number of ether oxygens (including phenoxy) is 3. The summed E-state index contributed by atoms with van der Waals surface area (Å²) >= 11 is 0. The normalized spacial score (nSPS) is 12.7. The van der Waals surface area contributed by atoms with Crippen LogP contribution in [0.2, 0.25) is 0 Å². The lowest BCUT2D eigenvalue weighted by Gasteiger charge is -2.18. The summed E-state index contributed by atoms with van der Waals surface area (Å²) in [6, 6.07) is 0. The molecule has 0 amide bonds. The van der Waals surface area contributed by atoms with Crippen molar-refractivity contribution >= 4 is 17.9 Å². The Morgan fingerprint density at radius 2 is 0.569 bits per heavy atom. The lowest BCUT2D eigenvalue weighted by molar-refractivity contribution is -0.166. The van der Waals surface area contributed by atoms with E-state index in [1.807, 2.05) is 6.08 Å². The molecule has 0 aliphatic heterocycles. The molecule has 0 saturated carbocycles. The fourth-order valence-electron chi connectivity index (χ4n) is 8.58. The maximum Gasteiger partial charge on any atom is 0.306 e. The minimum atomic E-state index is -0.820. The average Bonchev–Trinajstić information content (AvgIpc) is 3.38. The second kappa shape index (κ2) is 60.1.